The maximum atomic E-state index is 11.9. The number of nitro groups is 1. The minimum Gasteiger partial charge on any atom is -0.497 e. The van der Waals surface area contributed by atoms with Crippen LogP contribution in [0.1, 0.15) is 24.0 Å². The number of rotatable bonds is 8. The average molecular weight is 384 g/mol. The number of nitrogens with one attached hydrogen (secondary N) is 2. The number of hydrogen-bond acceptors (Lipinski definition) is 6. The molecule has 0 aliphatic rings. The van der Waals surface area contributed by atoms with Crippen LogP contribution in [-0.2, 0) is 9.59 Å². The standard InChI is InChI=1S/C19H20N4O5/c1-13-3-4-14(11-17(13)23(26)27)12-20-22-19(25)10-9-18(24)21-15-5-7-16(28-2)8-6-15/h3-8,11-12H,9-10H2,1-2H3,(H,21,24)(H,22,25). The van der Waals surface area contributed by atoms with E-state index in [2.05, 4.69) is 15.8 Å². The molecule has 0 spiro atoms. The molecule has 2 rings (SSSR count). The van der Waals surface area contributed by atoms with Crippen LogP contribution in [0.4, 0.5) is 11.4 Å². The quantitative estimate of drug-likeness (QED) is 0.411. The largest absolute Gasteiger partial charge is 0.497 e. The Balaban J connectivity index is 1.79. The number of anilines is 1. The van der Waals surface area contributed by atoms with Crippen molar-refractivity contribution in [1.82, 2.24) is 5.43 Å². The fourth-order valence-corrected chi connectivity index (χ4v) is 2.26. The number of amides is 2. The molecule has 9 nitrogen and oxygen atoms in total. The van der Waals surface area contributed by atoms with Crippen LogP contribution in [0.25, 0.3) is 0 Å². The van der Waals surface area contributed by atoms with Crippen LogP contribution in [-0.4, -0.2) is 30.1 Å². The van der Waals surface area contributed by atoms with Gasteiger partial charge in [0.15, 0.2) is 0 Å². The van der Waals surface area contributed by atoms with E-state index >= 15 is 0 Å². The number of methoxy groups -OCH3 is 1. The highest BCUT2D eigenvalue weighted by molar-refractivity contribution is 5.93. The zero-order chi connectivity index (χ0) is 20.5. The molecular weight excluding hydrogens is 364 g/mol. The Hall–Kier alpha value is -3.75. The second-order valence-electron chi connectivity index (χ2n) is 5.87. The summed E-state index contributed by atoms with van der Waals surface area (Å²) < 4.78 is 5.03. The van der Waals surface area contributed by atoms with Gasteiger partial charge in [-0.25, -0.2) is 5.43 Å². The number of nitro benzene ring substituents is 1. The Bertz CT molecular complexity index is 894. The van der Waals surface area contributed by atoms with Crippen LogP contribution in [0.3, 0.4) is 0 Å². The smallest absolute Gasteiger partial charge is 0.272 e. The van der Waals surface area contributed by atoms with Crippen molar-refractivity contribution in [3.05, 3.63) is 63.7 Å². The summed E-state index contributed by atoms with van der Waals surface area (Å²) in [4.78, 5) is 34.1. The highest BCUT2D eigenvalue weighted by Crippen LogP contribution is 2.18. The van der Waals surface area contributed by atoms with Gasteiger partial charge in [0.1, 0.15) is 5.75 Å². The average Bonchev–Trinajstić information content (AvgIpc) is 2.68. The Labute approximate surface area is 161 Å². The minimum atomic E-state index is -0.479. The van der Waals surface area contributed by atoms with Gasteiger partial charge in [-0.15, -0.1) is 0 Å². The molecule has 146 valence electrons. The Morgan fingerprint density at radius 2 is 1.82 bits per heavy atom. The van der Waals surface area contributed by atoms with Crippen molar-refractivity contribution in [3.8, 4) is 5.75 Å². The molecule has 28 heavy (non-hydrogen) atoms. The first-order valence-electron chi connectivity index (χ1n) is 8.40. The van der Waals surface area contributed by atoms with Gasteiger partial charge in [0.2, 0.25) is 11.8 Å². The molecule has 0 bridgehead atoms. The van der Waals surface area contributed by atoms with Gasteiger partial charge in [0.25, 0.3) is 5.69 Å². The first-order valence-corrected chi connectivity index (χ1v) is 8.40. The number of hydrazone groups is 1. The van der Waals surface area contributed by atoms with E-state index in [0.29, 0.717) is 22.6 Å². The second kappa shape index (κ2) is 9.81. The predicted molar refractivity (Wildman–Crippen MR) is 104 cm³/mol. The van der Waals surface area contributed by atoms with Gasteiger partial charge in [-0.1, -0.05) is 12.1 Å². The van der Waals surface area contributed by atoms with Gasteiger partial charge in [-0.05, 0) is 31.2 Å². The van der Waals surface area contributed by atoms with E-state index in [-0.39, 0.29) is 24.4 Å². The van der Waals surface area contributed by atoms with Crippen molar-refractivity contribution >= 4 is 29.4 Å². The monoisotopic (exact) mass is 384 g/mol. The number of carbonyl (C=O) groups excluding carboxylic acids is 2. The molecule has 2 aromatic rings. The van der Waals surface area contributed by atoms with E-state index in [9.17, 15) is 19.7 Å². The fourth-order valence-electron chi connectivity index (χ4n) is 2.26. The Morgan fingerprint density at radius 1 is 1.14 bits per heavy atom. The van der Waals surface area contributed by atoms with Gasteiger partial charge < -0.3 is 10.1 Å². The topological polar surface area (TPSA) is 123 Å². The summed E-state index contributed by atoms with van der Waals surface area (Å²) in [5, 5.41) is 17.4. The predicted octanol–water partition coefficient (Wildman–Crippen LogP) is 2.78. The van der Waals surface area contributed by atoms with Gasteiger partial charge in [0.05, 0.1) is 18.2 Å². The van der Waals surface area contributed by atoms with Gasteiger partial charge in [-0.2, -0.15) is 5.10 Å². The van der Waals surface area contributed by atoms with Crippen LogP contribution < -0.4 is 15.5 Å². The maximum Gasteiger partial charge on any atom is 0.272 e. The summed E-state index contributed by atoms with van der Waals surface area (Å²) in [7, 11) is 1.55. The molecule has 9 heteroatoms. The molecule has 0 radical (unpaired) electrons. The van der Waals surface area contributed by atoms with Crippen molar-refractivity contribution in [2.24, 2.45) is 5.10 Å². The Morgan fingerprint density at radius 3 is 2.46 bits per heavy atom. The second-order valence-corrected chi connectivity index (χ2v) is 5.87. The van der Waals surface area contributed by atoms with E-state index in [0.717, 1.165) is 0 Å². The minimum absolute atomic E-state index is 0.0105. The molecule has 2 aromatic carbocycles. The molecular formula is C19H20N4O5. The lowest BCUT2D eigenvalue weighted by Gasteiger charge is -2.06. The van der Waals surface area contributed by atoms with Crippen LogP contribution in [0.2, 0.25) is 0 Å². The molecule has 0 aliphatic carbocycles. The molecule has 0 heterocycles. The van der Waals surface area contributed by atoms with Crippen molar-refractivity contribution in [2.75, 3.05) is 12.4 Å². The van der Waals surface area contributed by atoms with Gasteiger partial charge in [0, 0.05) is 35.7 Å². The molecule has 0 aliphatic heterocycles. The summed E-state index contributed by atoms with van der Waals surface area (Å²) >= 11 is 0. The number of carbonyl (C=O) groups is 2. The maximum absolute atomic E-state index is 11.9. The lowest BCUT2D eigenvalue weighted by Crippen LogP contribution is -2.20. The molecule has 2 N–H and O–H groups in total. The van der Waals surface area contributed by atoms with Crippen molar-refractivity contribution in [2.45, 2.75) is 19.8 Å². The van der Waals surface area contributed by atoms with Gasteiger partial charge >= 0.3 is 0 Å². The third-order valence-corrected chi connectivity index (χ3v) is 3.79. The molecule has 0 fully saturated rings. The lowest BCUT2D eigenvalue weighted by atomic mass is 10.1. The third-order valence-electron chi connectivity index (χ3n) is 3.79. The van der Waals surface area contributed by atoms with E-state index in [4.69, 9.17) is 4.74 Å². The summed E-state index contributed by atoms with van der Waals surface area (Å²) in [6.45, 7) is 1.64. The lowest BCUT2D eigenvalue weighted by molar-refractivity contribution is -0.385. The molecule has 0 saturated carbocycles. The first kappa shape index (κ1) is 20.6. The molecule has 0 saturated heterocycles. The van der Waals surface area contributed by atoms with Crippen LogP contribution in [0.5, 0.6) is 5.75 Å². The number of aryl methyl sites for hydroxylation is 1. The summed E-state index contributed by atoms with van der Waals surface area (Å²) in [6, 6.07) is 11.4. The molecule has 2 amide bonds. The van der Waals surface area contributed by atoms with Crippen LogP contribution in [0, 0.1) is 17.0 Å². The van der Waals surface area contributed by atoms with Crippen molar-refractivity contribution < 1.29 is 19.2 Å². The highest BCUT2D eigenvalue weighted by atomic mass is 16.6. The molecule has 0 atom stereocenters. The number of nitrogens with zero attached hydrogens (tertiary/aromatic N) is 2. The number of ether oxygens (including phenoxy) is 1. The van der Waals surface area contributed by atoms with Crippen molar-refractivity contribution in [1.29, 1.82) is 0 Å². The first-order chi connectivity index (χ1) is 13.4. The number of benzene rings is 2. The summed E-state index contributed by atoms with van der Waals surface area (Å²) in [5.41, 5.74) is 3.89. The van der Waals surface area contributed by atoms with E-state index in [1.54, 1.807) is 50.4 Å². The molecule has 0 unspecified atom stereocenters. The van der Waals surface area contributed by atoms with Crippen molar-refractivity contribution in [3.63, 3.8) is 0 Å². The molecule has 0 aromatic heterocycles. The SMILES string of the molecule is COc1ccc(NC(=O)CCC(=O)NN=Cc2ccc(C)c([N+](=O)[O-])c2)cc1. The zero-order valence-electron chi connectivity index (χ0n) is 15.5. The zero-order valence-corrected chi connectivity index (χ0v) is 15.5. The Kier molecular flexibility index (Phi) is 7.21. The highest BCUT2D eigenvalue weighted by Gasteiger charge is 2.10. The summed E-state index contributed by atoms with van der Waals surface area (Å²) in [6.07, 6.45) is 1.25. The van der Waals surface area contributed by atoms with E-state index in [1.165, 1.54) is 12.3 Å². The van der Waals surface area contributed by atoms with Crippen LogP contribution in [0.15, 0.2) is 47.6 Å². The van der Waals surface area contributed by atoms with Crippen LogP contribution >= 0.6 is 0 Å². The van der Waals surface area contributed by atoms with E-state index < -0.39 is 10.8 Å². The normalized spacial score (nSPS) is 10.5. The summed E-state index contributed by atoms with van der Waals surface area (Å²) in [5.74, 6) is -0.0738. The fraction of sp³-hybridized carbons (Fsp3) is 0.211. The van der Waals surface area contributed by atoms with Gasteiger partial charge in [-0.3, -0.25) is 19.7 Å². The number of hydrogen-bond donors (Lipinski definition) is 2. The third kappa shape index (κ3) is 6.20. The van der Waals surface area contributed by atoms with E-state index in [1.807, 2.05) is 0 Å².